The second-order valence-electron chi connectivity index (χ2n) is 4.41. The van der Waals surface area contributed by atoms with E-state index in [2.05, 4.69) is 15.5 Å². The van der Waals surface area contributed by atoms with Crippen molar-refractivity contribution in [2.24, 2.45) is 7.05 Å². The van der Waals surface area contributed by atoms with Crippen LogP contribution in [0.5, 0.6) is 0 Å². The molecule has 0 radical (unpaired) electrons. The first-order valence-corrected chi connectivity index (χ1v) is 6.48. The number of hydrogen-bond donors (Lipinski definition) is 1. The molecule has 2 rings (SSSR count). The molecule has 2 aromatic heterocycles. The van der Waals surface area contributed by atoms with E-state index < -0.39 is 0 Å². The maximum absolute atomic E-state index is 5.01. The second kappa shape index (κ2) is 7.06. The molecule has 2 aromatic rings. The van der Waals surface area contributed by atoms with Gasteiger partial charge in [0.1, 0.15) is 0 Å². The summed E-state index contributed by atoms with van der Waals surface area (Å²) in [6, 6.07) is 4.09. The molecule has 0 amide bonds. The van der Waals surface area contributed by atoms with E-state index >= 15 is 0 Å². The molecule has 0 aromatic carbocycles. The fourth-order valence-corrected chi connectivity index (χ4v) is 1.97. The van der Waals surface area contributed by atoms with E-state index in [4.69, 9.17) is 4.74 Å². The molecule has 0 spiro atoms. The lowest BCUT2D eigenvalue weighted by atomic mass is 10.3. The predicted molar refractivity (Wildman–Crippen MR) is 72.7 cm³/mol. The van der Waals surface area contributed by atoms with Gasteiger partial charge in [-0.05, 0) is 12.1 Å². The molecule has 0 aliphatic heterocycles. The molecule has 0 atom stereocenters. The summed E-state index contributed by atoms with van der Waals surface area (Å²) in [5.41, 5.74) is 2.41. The first-order valence-electron chi connectivity index (χ1n) is 6.48. The van der Waals surface area contributed by atoms with Gasteiger partial charge in [-0.2, -0.15) is 10.2 Å². The number of ether oxygens (including phenoxy) is 1. The van der Waals surface area contributed by atoms with E-state index in [0.29, 0.717) is 0 Å². The van der Waals surface area contributed by atoms with Crippen molar-refractivity contribution in [1.82, 2.24) is 24.9 Å². The quantitative estimate of drug-likeness (QED) is 0.708. The van der Waals surface area contributed by atoms with E-state index in [0.717, 1.165) is 32.7 Å². The topological polar surface area (TPSA) is 56.9 Å². The van der Waals surface area contributed by atoms with Crippen molar-refractivity contribution in [2.75, 3.05) is 20.3 Å². The Morgan fingerprint density at radius 2 is 2.00 bits per heavy atom. The zero-order chi connectivity index (χ0) is 13.5. The minimum atomic E-state index is 0.725. The van der Waals surface area contributed by atoms with Gasteiger partial charge >= 0.3 is 0 Å². The lowest BCUT2D eigenvalue weighted by molar-refractivity contribution is 0.199. The summed E-state index contributed by atoms with van der Waals surface area (Å²) in [6.07, 6.45) is 4.60. The van der Waals surface area contributed by atoms with Crippen LogP contribution in [-0.2, 0) is 31.3 Å². The van der Waals surface area contributed by atoms with Gasteiger partial charge in [0.15, 0.2) is 0 Å². The van der Waals surface area contributed by atoms with Gasteiger partial charge in [-0.15, -0.1) is 0 Å². The Morgan fingerprint density at radius 3 is 2.74 bits per heavy atom. The minimum absolute atomic E-state index is 0.725. The van der Waals surface area contributed by atoms with Crippen LogP contribution in [0.2, 0.25) is 0 Å². The Labute approximate surface area is 113 Å². The van der Waals surface area contributed by atoms with Crippen molar-refractivity contribution in [2.45, 2.75) is 19.5 Å². The van der Waals surface area contributed by atoms with Crippen LogP contribution in [0.1, 0.15) is 11.4 Å². The van der Waals surface area contributed by atoms with Crippen LogP contribution >= 0.6 is 0 Å². The van der Waals surface area contributed by atoms with Gasteiger partial charge in [-0.25, -0.2) is 0 Å². The van der Waals surface area contributed by atoms with Crippen LogP contribution in [0.25, 0.3) is 0 Å². The van der Waals surface area contributed by atoms with E-state index in [1.54, 1.807) is 7.11 Å². The zero-order valence-corrected chi connectivity index (χ0v) is 11.5. The van der Waals surface area contributed by atoms with E-state index in [1.165, 1.54) is 11.4 Å². The molecular formula is C13H21N5O. The first-order chi connectivity index (χ1) is 9.31. The molecule has 0 aliphatic rings. The van der Waals surface area contributed by atoms with Gasteiger partial charge in [-0.3, -0.25) is 9.36 Å². The average Bonchev–Trinajstić information content (AvgIpc) is 3.01. The van der Waals surface area contributed by atoms with Crippen molar-refractivity contribution < 1.29 is 4.74 Å². The number of aryl methyl sites for hydroxylation is 3. The summed E-state index contributed by atoms with van der Waals surface area (Å²) in [6.45, 7) is 3.26. The van der Waals surface area contributed by atoms with Crippen molar-refractivity contribution in [3.8, 4) is 0 Å². The third-order valence-corrected chi connectivity index (χ3v) is 3.10. The maximum atomic E-state index is 5.01. The minimum Gasteiger partial charge on any atom is -0.383 e. The number of methoxy groups -OCH3 is 1. The SMILES string of the molecule is COCCNCc1ccnn1CCc1ccnn1C. The van der Waals surface area contributed by atoms with Gasteiger partial charge in [0.2, 0.25) is 0 Å². The molecule has 6 nitrogen and oxygen atoms in total. The number of hydrogen-bond acceptors (Lipinski definition) is 4. The highest BCUT2D eigenvalue weighted by molar-refractivity contribution is 5.03. The Kier molecular flexibility index (Phi) is 5.11. The molecular weight excluding hydrogens is 242 g/mol. The smallest absolute Gasteiger partial charge is 0.0587 e. The summed E-state index contributed by atoms with van der Waals surface area (Å²) in [7, 11) is 3.67. The van der Waals surface area contributed by atoms with Crippen molar-refractivity contribution in [3.63, 3.8) is 0 Å². The summed E-state index contributed by atoms with van der Waals surface area (Å²) >= 11 is 0. The molecule has 0 bridgehead atoms. The predicted octanol–water partition coefficient (Wildman–Crippen LogP) is 0.595. The fourth-order valence-electron chi connectivity index (χ4n) is 1.97. The molecule has 0 fully saturated rings. The molecule has 2 heterocycles. The molecule has 0 aliphatic carbocycles. The molecule has 1 N–H and O–H groups in total. The van der Waals surface area contributed by atoms with Gasteiger partial charge < -0.3 is 10.1 Å². The largest absolute Gasteiger partial charge is 0.383 e. The highest BCUT2D eigenvalue weighted by Crippen LogP contribution is 2.03. The lowest BCUT2D eigenvalue weighted by Crippen LogP contribution is -2.21. The maximum Gasteiger partial charge on any atom is 0.0587 e. The number of nitrogens with zero attached hydrogens (tertiary/aromatic N) is 4. The molecule has 0 unspecified atom stereocenters. The standard InChI is InChI=1S/C13H21N5O/c1-17-12(3-6-15-17)5-9-18-13(4-7-16-18)11-14-8-10-19-2/h3-4,6-7,14H,5,8-11H2,1-2H3. The highest BCUT2D eigenvalue weighted by atomic mass is 16.5. The third kappa shape index (κ3) is 3.90. The van der Waals surface area contributed by atoms with Crippen LogP contribution in [0, 0.1) is 0 Å². The van der Waals surface area contributed by atoms with Crippen molar-refractivity contribution in [3.05, 3.63) is 35.9 Å². The van der Waals surface area contributed by atoms with Crippen LogP contribution < -0.4 is 5.32 Å². The van der Waals surface area contributed by atoms with Crippen molar-refractivity contribution >= 4 is 0 Å². The Hall–Kier alpha value is -1.66. The molecule has 19 heavy (non-hydrogen) atoms. The molecule has 0 saturated carbocycles. The average molecular weight is 263 g/mol. The normalized spacial score (nSPS) is 11.1. The van der Waals surface area contributed by atoms with E-state index in [-0.39, 0.29) is 0 Å². The van der Waals surface area contributed by atoms with Gasteiger partial charge in [0, 0.05) is 58.3 Å². The molecule has 6 heteroatoms. The third-order valence-electron chi connectivity index (χ3n) is 3.10. The Balaban J connectivity index is 1.83. The van der Waals surface area contributed by atoms with Crippen LogP contribution in [0.4, 0.5) is 0 Å². The number of aromatic nitrogens is 4. The first kappa shape index (κ1) is 13.8. The Morgan fingerprint density at radius 1 is 1.21 bits per heavy atom. The van der Waals surface area contributed by atoms with Crippen LogP contribution in [-0.4, -0.2) is 39.8 Å². The lowest BCUT2D eigenvalue weighted by Gasteiger charge is -2.08. The van der Waals surface area contributed by atoms with Crippen molar-refractivity contribution in [1.29, 1.82) is 0 Å². The highest BCUT2D eigenvalue weighted by Gasteiger charge is 2.04. The monoisotopic (exact) mass is 263 g/mol. The van der Waals surface area contributed by atoms with Crippen LogP contribution in [0.3, 0.4) is 0 Å². The van der Waals surface area contributed by atoms with E-state index in [9.17, 15) is 0 Å². The summed E-state index contributed by atoms with van der Waals surface area (Å²) in [4.78, 5) is 0. The molecule has 104 valence electrons. The summed E-state index contributed by atoms with van der Waals surface area (Å²) in [5.74, 6) is 0. The molecule has 0 saturated heterocycles. The zero-order valence-electron chi connectivity index (χ0n) is 11.5. The fraction of sp³-hybridized carbons (Fsp3) is 0.538. The number of rotatable bonds is 8. The summed E-state index contributed by atoms with van der Waals surface area (Å²) in [5, 5.41) is 11.9. The van der Waals surface area contributed by atoms with Crippen LogP contribution in [0.15, 0.2) is 24.5 Å². The summed E-state index contributed by atoms with van der Waals surface area (Å²) < 4.78 is 8.94. The van der Waals surface area contributed by atoms with E-state index in [1.807, 2.05) is 40.9 Å². The van der Waals surface area contributed by atoms with Gasteiger partial charge in [0.25, 0.3) is 0 Å². The number of nitrogens with one attached hydrogen (secondary N) is 1. The second-order valence-corrected chi connectivity index (χ2v) is 4.41. The Bertz CT molecular complexity index is 491. The van der Waals surface area contributed by atoms with Gasteiger partial charge in [0.05, 0.1) is 12.3 Å². The van der Waals surface area contributed by atoms with Gasteiger partial charge in [-0.1, -0.05) is 0 Å².